The van der Waals surface area contributed by atoms with E-state index in [4.69, 9.17) is 18.9 Å². The first kappa shape index (κ1) is 20.6. The summed E-state index contributed by atoms with van der Waals surface area (Å²) in [6.45, 7) is 0. The van der Waals surface area contributed by atoms with Crippen molar-refractivity contribution < 1.29 is 28.5 Å². The highest BCUT2D eigenvalue weighted by molar-refractivity contribution is 6.39. The van der Waals surface area contributed by atoms with Crippen molar-refractivity contribution in [3.8, 4) is 23.0 Å². The third-order valence-electron chi connectivity index (χ3n) is 3.66. The predicted molar refractivity (Wildman–Crippen MR) is 103 cm³/mol. The fraction of sp³-hybridized carbons (Fsp3) is 0.211. The van der Waals surface area contributed by atoms with Crippen LogP contribution in [0.1, 0.15) is 5.56 Å². The monoisotopic (exact) mass is 387 g/mol. The maximum absolute atomic E-state index is 12.0. The molecule has 0 heterocycles. The Labute approximate surface area is 162 Å². The Morgan fingerprint density at radius 3 is 2.18 bits per heavy atom. The normalized spacial score (nSPS) is 10.3. The lowest BCUT2D eigenvalue weighted by Gasteiger charge is -2.10. The minimum atomic E-state index is -0.932. The van der Waals surface area contributed by atoms with Crippen molar-refractivity contribution in [1.82, 2.24) is 5.43 Å². The Bertz CT molecular complexity index is 882. The summed E-state index contributed by atoms with van der Waals surface area (Å²) in [5, 5.41) is 6.23. The highest BCUT2D eigenvalue weighted by Crippen LogP contribution is 2.29. The van der Waals surface area contributed by atoms with Crippen LogP contribution in [0, 0.1) is 0 Å². The van der Waals surface area contributed by atoms with Crippen LogP contribution >= 0.6 is 0 Å². The van der Waals surface area contributed by atoms with E-state index < -0.39 is 11.8 Å². The molecule has 0 unspecified atom stereocenters. The fourth-order valence-corrected chi connectivity index (χ4v) is 2.24. The molecule has 148 valence electrons. The van der Waals surface area contributed by atoms with Crippen LogP contribution in [0.5, 0.6) is 23.0 Å². The number of benzene rings is 2. The molecule has 2 rings (SSSR count). The minimum Gasteiger partial charge on any atom is -0.497 e. The second kappa shape index (κ2) is 9.81. The van der Waals surface area contributed by atoms with Crippen LogP contribution in [0.3, 0.4) is 0 Å². The molecule has 2 N–H and O–H groups in total. The summed E-state index contributed by atoms with van der Waals surface area (Å²) < 4.78 is 20.6. The largest absolute Gasteiger partial charge is 0.497 e. The Morgan fingerprint density at radius 2 is 1.54 bits per heavy atom. The number of methoxy groups -OCH3 is 4. The van der Waals surface area contributed by atoms with Crippen LogP contribution in [0.25, 0.3) is 0 Å². The van der Waals surface area contributed by atoms with Gasteiger partial charge in [0.1, 0.15) is 11.5 Å². The molecule has 0 saturated heterocycles. The molecule has 28 heavy (non-hydrogen) atoms. The van der Waals surface area contributed by atoms with Crippen LogP contribution in [-0.2, 0) is 9.59 Å². The van der Waals surface area contributed by atoms with Crippen molar-refractivity contribution in [3.05, 3.63) is 42.0 Å². The highest BCUT2D eigenvalue weighted by atomic mass is 16.5. The van der Waals surface area contributed by atoms with Crippen molar-refractivity contribution in [2.75, 3.05) is 33.8 Å². The van der Waals surface area contributed by atoms with Gasteiger partial charge in [0.2, 0.25) is 0 Å². The van der Waals surface area contributed by atoms with Crippen LogP contribution in [0.4, 0.5) is 5.69 Å². The number of anilines is 1. The van der Waals surface area contributed by atoms with Crippen LogP contribution < -0.4 is 29.7 Å². The molecule has 2 aromatic rings. The van der Waals surface area contributed by atoms with E-state index in [0.717, 1.165) is 0 Å². The van der Waals surface area contributed by atoms with Crippen molar-refractivity contribution >= 4 is 23.7 Å². The summed E-state index contributed by atoms with van der Waals surface area (Å²) in [7, 11) is 6.01. The highest BCUT2D eigenvalue weighted by Gasteiger charge is 2.14. The van der Waals surface area contributed by atoms with Gasteiger partial charge in [-0.3, -0.25) is 9.59 Å². The van der Waals surface area contributed by atoms with Gasteiger partial charge in [-0.25, -0.2) is 5.43 Å². The first-order valence-corrected chi connectivity index (χ1v) is 8.10. The molecule has 9 heteroatoms. The summed E-state index contributed by atoms with van der Waals surface area (Å²) in [5.74, 6) is 0.234. The Kier molecular flexibility index (Phi) is 7.21. The van der Waals surface area contributed by atoms with Gasteiger partial charge in [-0.15, -0.1) is 0 Å². The molecule has 0 aliphatic heterocycles. The zero-order valence-electron chi connectivity index (χ0n) is 15.9. The molecule has 0 aliphatic rings. The molecule has 0 spiro atoms. The third-order valence-corrected chi connectivity index (χ3v) is 3.66. The lowest BCUT2D eigenvalue weighted by Crippen LogP contribution is -2.32. The lowest BCUT2D eigenvalue weighted by molar-refractivity contribution is -0.136. The van der Waals surface area contributed by atoms with E-state index in [9.17, 15) is 9.59 Å². The molecule has 2 amide bonds. The van der Waals surface area contributed by atoms with Gasteiger partial charge in [0.15, 0.2) is 11.5 Å². The molecule has 2 aromatic carbocycles. The van der Waals surface area contributed by atoms with Gasteiger partial charge in [0.25, 0.3) is 0 Å². The lowest BCUT2D eigenvalue weighted by atomic mass is 10.2. The first-order chi connectivity index (χ1) is 13.5. The van der Waals surface area contributed by atoms with Gasteiger partial charge in [-0.2, -0.15) is 5.10 Å². The number of carbonyl (C=O) groups is 2. The van der Waals surface area contributed by atoms with Crippen LogP contribution in [0.2, 0.25) is 0 Å². The molecule has 9 nitrogen and oxygen atoms in total. The number of nitrogens with one attached hydrogen (secondary N) is 2. The topological polar surface area (TPSA) is 107 Å². The molecular formula is C19H21N3O6. The number of hydrazone groups is 1. The Hall–Kier alpha value is -3.75. The van der Waals surface area contributed by atoms with Crippen LogP contribution in [-0.4, -0.2) is 46.5 Å². The van der Waals surface area contributed by atoms with Crippen LogP contribution in [0.15, 0.2) is 41.5 Å². The van der Waals surface area contributed by atoms with E-state index in [1.807, 2.05) is 0 Å². The number of hydrogen-bond acceptors (Lipinski definition) is 7. The molecule has 0 aromatic heterocycles. The number of hydrogen-bond donors (Lipinski definition) is 2. The SMILES string of the molecule is COc1ccc(/C=N\NC(=O)C(=O)Nc2ccc(OC)c(OC)c2)c(OC)c1. The molecule has 0 fully saturated rings. The second-order valence-electron chi connectivity index (χ2n) is 5.33. The van der Waals surface area contributed by atoms with Gasteiger partial charge in [0.05, 0.1) is 34.7 Å². The minimum absolute atomic E-state index is 0.374. The zero-order chi connectivity index (χ0) is 20.5. The van der Waals surface area contributed by atoms with Gasteiger partial charge in [0, 0.05) is 23.4 Å². The van der Waals surface area contributed by atoms with E-state index in [1.54, 1.807) is 37.4 Å². The fourth-order valence-electron chi connectivity index (χ4n) is 2.24. The van der Waals surface area contributed by atoms with Crippen molar-refractivity contribution in [1.29, 1.82) is 0 Å². The summed E-state index contributed by atoms with van der Waals surface area (Å²) in [6.07, 6.45) is 1.36. The van der Waals surface area contributed by atoms with Gasteiger partial charge in [-0.05, 0) is 24.3 Å². The van der Waals surface area contributed by atoms with E-state index in [0.29, 0.717) is 34.2 Å². The third kappa shape index (κ3) is 5.13. The molecule has 0 bridgehead atoms. The summed E-state index contributed by atoms with van der Waals surface area (Å²) in [6, 6.07) is 9.83. The summed E-state index contributed by atoms with van der Waals surface area (Å²) in [5.41, 5.74) is 3.13. The zero-order valence-corrected chi connectivity index (χ0v) is 15.9. The smallest absolute Gasteiger partial charge is 0.329 e. The number of carbonyl (C=O) groups excluding carboxylic acids is 2. The summed E-state index contributed by atoms with van der Waals surface area (Å²) >= 11 is 0. The average molecular weight is 387 g/mol. The second-order valence-corrected chi connectivity index (χ2v) is 5.33. The van der Waals surface area contributed by atoms with E-state index in [2.05, 4.69) is 15.8 Å². The molecule has 0 atom stereocenters. The van der Waals surface area contributed by atoms with Crippen molar-refractivity contribution in [2.45, 2.75) is 0 Å². The number of rotatable bonds is 7. The van der Waals surface area contributed by atoms with Gasteiger partial charge >= 0.3 is 11.8 Å². The quantitative estimate of drug-likeness (QED) is 0.426. The number of ether oxygens (including phenoxy) is 4. The predicted octanol–water partition coefficient (Wildman–Crippen LogP) is 1.81. The van der Waals surface area contributed by atoms with E-state index in [1.165, 1.54) is 33.6 Å². The first-order valence-electron chi connectivity index (χ1n) is 8.10. The molecule has 0 aliphatic carbocycles. The average Bonchev–Trinajstić information content (AvgIpc) is 2.73. The standard InChI is InChI=1S/C19H21N3O6/c1-25-14-7-5-12(16(10-14)27-3)11-20-22-19(24)18(23)21-13-6-8-15(26-2)17(9-13)28-4/h5-11H,1-4H3,(H,21,23)(H,22,24)/b20-11-. The molecule has 0 saturated carbocycles. The number of nitrogens with zero attached hydrogens (tertiary/aromatic N) is 1. The Balaban J connectivity index is 1.99. The van der Waals surface area contributed by atoms with Gasteiger partial charge in [-0.1, -0.05) is 0 Å². The maximum atomic E-state index is 12.0. The van der Waals surface area contributed by atoms with Gasteiger partial charge < -0.3 is 24.3 Å². The Morgan fingerprint density at radius 1 is 0.821 bits per heavy atom. The maximum Gasteiger partial charge on any atom is 0.329 e. The van der Waals surface area contributed by atoms with Crippen molar-refractivity contribution in [3.63, 3.8) is 0 Å². The molecule has 0 radical (unpaired) electrons. The van der Waals surface area contributed by atoms with E-state index in [-0.39, 0.29) is 0 Å². The number of amides is 2. The van der Waals surface area contributed by atoms with Crippen molar-refractivity contribution in [2.24, 2.45) is 5.10 Å². The van der Waals surface area contributed by atoms with E-state index >= 15 is 0 Å². The summed E-state index contributed by atoms with van der Waals surface area (Å²) in [4.78, 5) is 23.9. The molecular weight excluding hydrogens is 366 g/mol.